The zero-order chi connectivity index (χ0) is 19.8. The van der Waals surface area contributed by atoms with Crippen LogP contribution >= 0.6 is 11.8 Å². The van der Waals surface area contributed by atoms with Crippen molar-refractivity contribution in [1.82, 2.24) is 5.32 Å². The highest BCUT2D eigenvalue weighted by atomic mass is 32.2. The molecule has 0 radical (unpaired) electrons. The van der Waals surface area contributed by atoms with Crippen molar-refractivity contribution in [3.8, 4) is 0 Å². The van der Waals surface area contributed by atoms with Gasteiger partial charge < -0.3 is 10.2 Å². The number of carbonyl (C=O) groups excluding carboxylic acids is 1. The minimum atomic E-state index is 0.0542. The fourth-order valence-electron chi connectivity index (χ4n) is 2.96. The summed E-state index contributed by atoms with van der Waals surface area (Å²) in [4.78, 5) is 14.5. The summed E-state index contributed by atoms with van der Waals surface area (Å²) in [5.41, 5.74) is 4.68. The van der Waals surface area contributed by atoms with Crippen molar-refractivity contribution in [3.05, 3.63) is 102 Å². The largest absolute Gasteiger partial charge is 0.378 e. The summed E-state index contributed by atoms with van der Waals surface area (Å²) in [6.07, 6.45) is 0. The number of anilines is 1. The van der Waals surface area contributed by atoms with Gasteiger partial charge in [0.2, 0.25) is 5.91 Å². The average Bonchev–Trinajstić information content (AvgIpc) is 2.74. The maximum Gasteiger partial charge on any atom is 0.230 e. The van der Waals surface area contributed by atoms with E-state index >= 15 is 0 Å². The van der Waals surface area contributed by atoms with Crippen LogP contribution in [0.5, 0.6) is 0 Å². The highest BCUT2D eigenvalue weighted by Gasteiger charge is 2.16. The molecule has 0 atom stereocenters. The summed E-state index contributed by atoms with van der Waals surface area (Å²) in [5.74, 6) is 0.475. The zero-order valence-electron chi connectivity index (χ0n) is 16.3. The Hall–Kier alpha value is -2.72. The summed E-state index contributed by atoms with van der Waals surface area (Å²) in [6.45, 7) is 0.550. The molecule has 1 N–H and O–H groups in total. The molecule has 3 aromatic carbocycles. The molecule has 0 aliphatic carbocycles. The minimum absolute atomic E-state index is 0.0542. The SMILES string of the molecule is CN(C)c1ccc(CNC(=O)CSC(c2ccccc2)c2ccccc2)cc1. The number of rotatable bonds is 8. The molecule has 3 aromatic rings. The van der Waals surface area contributed by atoms with Crippen LogP contribution < -0.4 is 10.2 Å². The number of hydrogen-bond donors (Lipinski definition) is 1. The van der Waals surface area contributed by atoms with Gasteiger partial charge in [0.1, 0.15) is 0 Å². The van der Waals surface area contributed by atoms with Gasteiger partial charge in [-0.05, 0) is 28.8 Å². The molecular formula is C24H26N2OS. The van der Waals surface area contributed by atoms with E-state index in [0.29, 0.717) is 12.3 Å². The van der Waals surface area contributed by atoms with Crippen molar-refractivity contribution in [2.75, 3.05) is 24.7 Å². The third kappa shape index (κ3) is 5.64. The van der Waals surface area contributed by atoms with E-state index in [2.05, 4.69) is 58.7 Å². The molecule has 0 aliphatic heterocycles. The topological polar surface area (TPSA) is 32.3 Å². The van der Waals surface area contributed by atoms with Crippen LogP contribution in [0.2, 0.25) is 0 Å². The van der Waals surface area contributed by atoms with Crippen LogP contribution in [0.4, 0.5) is 5.69 Å². The first-order chi connectivity index (χ1) is 13.6. The van der Waals surface area contributed by atoms with E-state index in [1.807, 2.05) is 50.5 Å². The summed E-state index contributed by atoms with van der Waals surface area (Å²) >= 11 is 1.66. The van der Waals surface area contributed by atoms with Crippen LogP contribution in [0, 0.1) is 0 Å². The second-order valence-corrected chi connectivity index (χ2v) is 7.94. The van der Waals surface area contributed by atoms with Gasteiger partial charge in [-0.15, -0.1) is 11.8 Å². The monoisotopic (exact) mass is 390 g/mol. The van der Waals surface area contributed by atoms with Gasteiger partial charge in [0.15, 0.2) is 0 Å². The van der Waals surface area contributed by atoms with Crippen molar-refractivity contribution in [2.45, 2.75) is 11.8 Å². The molecule has 3 rings (SSSR count). The first-order valence-electron chi connectivity index (χ1n) is 9.38. The molecule has 1 amide bonds. The molecule has 0 heterocycles. The second kappa shape index (κ2) is 10.00. The number of hydrogen-bond acceptors (Lipinski definition) is 3. The van der Waals surface area contributed by atoms with E-state index in [1.54, 1.807) is 11.8 Å². The van der Waals surface area contributed by atoms with Crippen molar-refractivity contribution < 1.29 is 4.79 Å². The van der Waals surface area contributed by atoms with Crippen LogP contribution in [0.1, 0.15) is 21.9 Å². The Bertz CT molecular complexity index is 825. The normalized spacial score (nSPS) is 10.7. The molecular weight excluding hydrogens is 364 g/mol. The van der Waals surface area contributed by atoms with Gasteiger partial charge in [-0.3, -0.25) is 4.79 Å². The van der Waals surface area contributed by atoms with Crippen molar-refractivity contribution >= 4 is 23.4 Å². The maximum absolute atomic E-state index is 12.4. The van der Waals surface area contributed by atoms with E-state index < -0.39 is 0 Å². The smallest absolute Gasteiger partial charge is 0.230 e. The van der Waals surface area contributed by atoms with E-state index in [1.165, 1.54) is 11.1 Å². The Morgan fingerprint density at radius 2 is 1.39 bits per heavy atom. The van der Waals surface area contributed by atoms with Crippen LogP contribution in [0.25, 0.3) is 0 Å². The Morgan fingerprint density at radius 3 is 1.89 bits per heavy atom. The van der Waals surface area contributed by atoms with E-state index in [4.69, 9.17) is 0 Å². The average molecular weight is 391 g/mol. The first kappa shape index (κ1) is 20.0. The zero-order valence-corrected chi connectivity index (χ0v) is 17.2. The summed E-state index contributed by atoms with van der Waals surface area (Å²) < 4.78 is 0. The molecule has 0 spiro atoms. The molecule has 0 bridgehead atoms. The van der Waals surface area contributed by atoms with Gasteiger partial charge in [-0.25, -0.2) is 0 Å². The lowest BCUT2D eigenvalue weighted by molar-refractivity contribution is -0.118. The van der Waals surface area contributed by atoms with Gasteiger partial charge in [0, 0.05) is 26.3 Å². The molecule has 144 valence electrons. The molecule has 28 heavy (non-hydrogen) atoms. The highest BCUT2D eigenvalue weighted by molar-refractivity contribution is 8.00. The van der Waals surface area contributed by atoms with Crippen LogP contribution in [-0.4, -0.2) is 25.8 Å². The standard InChI is InChI=1S/C24H26N2OS/c1-26(2)22-15-13-19(14-16-22)17-25-23(27)18-28-24(20-9-5-3-6-10-20)21-11-7-4-8-12-21/h3-16,24H,17-18H2,1-2H3,(H,25,27). The highest BCUT2D eigenvalue weighted by Crippen LogP contribution is 2.35. The number of amides is 1. The molecule has 0 saturated heterocycles. The second-order valence-electron chi connectivity index (χ2n) is 6.85. The number of nitrogens with one attached hydrogen (secondary N) is 1. The molecule has 0 saturated carbocycles. The molecule has 0 aromatic heterocycles. The van der Waals surface area contributed by atoms with Crippen LogP contribution in [0.3, 0.4) is 0 Å². The molecule has 0 aliphatic rings. The maximum atomic E-state index is 12.4. The van der Waals surface area contributed by atoms with E-state index in [-0.39, 0.29) is 11.2 Å². The number of carbonyl (C=O) groups is 1. The minimum Gasteiger partial charge on any atom is -0.378 e. The van der Waals surface area contributed by atoms with Crippen LogP contribution in [-0.2, 0) is 11.3 Å². The molecule has 4 heteroatoms. The Labute approximate surface area is 171 Å². The number of benzene rings is 3. The Balaban J connectivity index is 1.58. The predicted octanol–water partition coefficient (Wildman–Crippen LogP) is 4.89. The van der Waals surface area contributed by atoms with Gasteiger partial charge >= 0.3 is 0 Å². The van der Waals surface area contributed by atoms with Gasteiger partial charge in [0.05, 0.1) is 11.0 Å². The van der Waals surface area contributed by atoms with Crippen LogP contribution in [0.15, 0.2) is 84.9 Å². The summed E-state index contributed by atoms with van der Waals surface area (Å²) in [5, 5.41) is 3.18. The summed E-state index contributed by atoms with van der Waals surface area (Å²) in [7, 11) is 4.04. The van der Waals surface area contributed by atoms with Gasteiger partial charge in [0.25, 0.3) is 0 Å². The van der Waals surface area contributed by atoms with Crippen molar-refractivity contribution in [3.63, 3.8) is 0 Å². The third-order valence-electron chi connectivity index (χ3n) is 4.53. The quantitative estimate of drug-likeness (QED) is 0.594. The Morgan fingerprint density at radius 1 is 0.857 bits per heavy atom. The summed E-state index contributed by atoms with van der Waals surface area (Å²) in [6, 6.07) is 28.9. The number of thioether (sulfide) groups is 1. The molecule has 0 fully saturated rings. The lowest BCUT2D eigenvalue weighted by atomic mass is 10.0. The van der Waals surface area contributed by atoms with Gasteiger partial charge in [-0.1, -0.05) is 72.8 Å². The fourth-order valence-corrected chi connectivity index (χ4v) is 4.08. The first-order valence-corrected chi connectivity index (χ1v) is 10.4. The van der Waals surface area contributed by atoms with Gasteiger partial charge in [-0.2, -0.15) is 0 Å². The van der Waals surface area contributed by atoms with E-state index in [9.17, 15) is 4.79 Å². The molecule has 0 unspecified atom stereocenters. The lowest BCUT2D eigenvalue weighted by Gasteiger charge is -2.17. The lowest BCUT2D eigenvalue weighted by Crippen LogP contribution is -2.25. The fraction of sp³-hybridized carbons (Fsp3) is 0.208. The third-order valence-corrected chi connectivity index (χ3v) is 5.83. The van der Waals surface area contributed by atoms with E-state index in [0.717, 1.165) is 11.3 Å². The molecule has 3 nitrogen and oxygen atoms in total. The Kier molecular flexibility index (Phi) is 7.15. The van der Waals surface area contributed by atoms with Crippen molar-refractivity contribution in [1.29, 1.82) is 0 Å². The van der Waals surface area contributed by atoms with Crippen molar-refractivity contribution in [2.24, 2.45) is 0 Å². The number of nitrogens with zero attached hydrogens (tertiary/aromatic N) is 1. The predicted molar refractivity (Wildman–Crippen MR) is 120 cm³/mol.